The minimum absolute atomic E-state index is 0.103. The van der Waals surface area contributed by atoms with Crippen molar-refractivity contribution >= 4 is 21.8 Å². The Balaban J connectivity index is 1.61. The summed E-state index contributed by atoms with van der Waals surface area (Å²) in [5, 5.41) is 14.9. The molecular weight excluding hydrogens is 370 g/mol. The van der Waals surface area contributed by atoms with Crippen molar-refractivity contribution in [3.8, 4) is 5.69 Å². The molecule has 126 valence electrons. The third-order valence-electron chi connectivity index (χ3n) is 4.59. The van der Waals surface area contributed by atoms with Gasteiger partial charge in [0.15, 0.2) is 5.69 Å². The molecule has 0 unspecified atom stereocenters. The maximum Gasteiger partial charge on any atom is 0.274 e. The van der Waals surface area contributed by atoms with E-state index >= 15 is 0 Å². The molecule has 24 heavy (non-hydrogen) atoms. The van der Waals surface area contributed by atoms with E-state index < -0.39 is 0 Å². The maximum absolute atomic E-state index is 12.7. The number of benzene rings is 1. The van der Waals surface area contributed by atoms with Gasteiger partial charge in [-0.1, -0.05) is 21.1 Å². The Morgan fingerprint density at radius 3 is 2.71 bits per heavy atom. The van der Waals surface area contributed by atoms with Crippen LogP contribution in [-0.2, 0) is 0 Å². The van der Waals surface area contributed by atoms with E-state index in [9.17, 15) is 4.79 Å². The molecule has 1 aromatic heterocycles. The Bertz CT molecular complexity index is 732. The highest BCUT2D eigenvalue weighted by Gasteiger charge is 2.34. The summed E-state index contributed by atoms with van der Waals surface area (Å²) in [6, 6.07) is 8.09. The number of nitrogens with zero attached hydrogens (tertiary/aromatic N) is 3. The molecule has 1 aliphatic carbocycles. The fourth-order valence-electron chi connectivity index (χ4n) is 3.18. The lowest BCUT2D eigenvalue weighted by Gasteiger charge is -2.23. The number of hydrogen-bond acceptors (Lipinski definition) is 4. The minimum Gasteiger partial charge on any atom is -0.347 e. The van der Waals surface area contributed by atoms with Crippen molar-refractivity contribution in [1.82, 2.24) is 25.6 Å². The average molecular weight is 390 g/mol. The van der Waals surface area contributed by atoms with Crippen LogP contribution in [0.3, 0.4) is 0 Å². The van der Waals surface area contributed by atoms with Crippen LogP contribution in [0.1, 0.15) is 47.8 Å². The lowest BCUT2D eigenvalue weighted by atomic mass is 10.1. The average Bonchev–Trinajstić information content (AvgIpc) is 3.34. The van der Waals surface area contributed by atoms with E-state index in [0.29, 0.717) is 11.6 Å². The molecule has 2 aromatic rings. The molecule has 1 aromatic carbocycles. The van der Waals surface area contributed by atoms with Crippen molar-refractivity contribution in [2.45, 2.75) is 37.6 Å². The van der Waals surface area contributed by atoms with Gasteiger partial charge in [-0.25, -0.2) is 4.68 Å². The van der Waals surface area contributed by atoms with E-state index in [1.165, 1.54) is 0 Å². The lowest BCUT2D eigenvalue weighted by molar-refractivity contribution is 0.0924. The van der Waals surface area contributed by atoms with Gasteiger partial charge in [-0.3, -0.25) is 4.79 Å². The van der Waals surface area contributed by atoms with Gasteiger partial charge in [0.1, 0.15) is 0 Å². The first-order valence-corrected chi connectivity index (χ1v) is 9.25. The Hall–Kier alpha value is -1.73. The number of rotatable bonds is 4. The van der Waals surface area contributed by atoms with Crippen LogP contribution in [0.25, 0.3) is 5.69 Å². The predicted octanol–water partition coefficient (Wildman–Crippen LogP) is 2.39. The SMILES string of the molecule is O=C(N[C@H]1CCCNC1)c1nnn(-c2ccc(Br)cc2)c1C1CC1. The van der Waals surface area contributed by atoms with Crippen molar-refractivity contribution in [1.29, 1.82) is 0 Å². The van der Waals surface area contributed by atoms with Crippen molar-refractivity contribution < 1.29 is 4.79 Å². The van der Waals surface area contributed by atoms with Crippen LogP contribution in [0.4, 0.5) is 0 Å². The standard InChI is InChI=1S/C17H20BrN5O/c18-12-5-7-14(8-6-12)23-16(11-3-4-11)15(21-22-23)17(24)20-13-2-1-9-19-10-13/h5-8,11,13,19H,1-4,9-10H2,(H,20,24)/t13-/m0/s1. The highest BCUT2D eigenvalue weighted by atomic mass is 79.9. The molecule has 1 saturated carbocycles. The molecular formula is C17H20BrN5O. The van der Waals surface area contributed by atoms with Crippen LogP contribution >= 0.6 is 15.9 Å². The van der Waals surface area contributed by atoms with E-state index in [1.807, 2.05) is 28.9 Å². The maximum atomic E-state index is 12.7. The van der Waals surface area contributed by atoms with Gasteiger partial charge in [-0.2, -0.15) is 0 Å². The molecule has 1 atom stereocenters. The third-order valence-corrected chi connectivity index (χ3v) is 5.12. The zero-order valence-electron chi connectivity index (χ0n) is 13.3. The summed E-state index contributed by atoms with van der Waals surface area (Å²) in [5.41, 5.74) is 2.36. The van der Waals surface area contributed by atoms with Crippen LogP contribution in [0.15, 0.2) is 28.7 Å². The first kappa shape index (κ1) is 15.8. The second kappa shape index (κ2) is 6.64. The highest BCUT2D eigenvalue weighted by Crippen LogP contribution is 2.42. The number of piperidine rings is 1. The van der Waals surface area contributed by atoms with Gasteiger partial charge in [0, 0.05) is 23.0 Å². The number of carbonyl (C=O) groups excluding carboxylic acids is 1. The van der Waals surface area contributed by atoms with Crippen LogP contribution < -0.4 is 10.6 Å². The van der Waals surface area contributed by atoms with Gasteiger partial charge >= 0.3 is 0 Å². The monoisotopic (exact) mass is 389 g/mol. The van der Waals surface area contributed by atoms with Gasteiger partial charge in [-0.15, -0.1) is 5.10 Å². The van der Waals surface area contributed by atoms with Gasteiger partial charge in [0.05, 0.1) is 11.4 Å². The first-order chi connectivity index (χ1) is 11.7. The van der Waals surface area contributed by atoms with Gasteiger partial charge in [-0.05, 0) is 56.5 Å². The van der Waals surface area contributed by atoms with E-state index in [4.69, 9.17) is 0 Å². The Kier molecular flexibility index (Phi) is 4.37. The number of aromatic nitrogens is 3. The molecule has 0 bridgehead atoms. The summed E-state index contributed by atoms with van der Waals surface area (Å²) in [7, 11) is 0. The van der Waals surface area contributed by atoms with Gasteiger partial charge < -0.3 is 10.6 Å². The van der Waals surface area contributed by atoms with Crippen LogP contribution in [0.5, 0.6) is 0 Å². The second-order valence-electron chi connectivity index (χ2n) is 6.50. The fraction of sp³-hybridized carbons (Fsp3) is 0.471. The lowest BCUT2D eigenvalue weighted by Crippen LogP contribution is -2.45. The predicted molar refractivity (Wildman–Crippen MR) is 94.4 cm³/mol. The third kappa shape index (κ3) is 3.23. The Labute approximate surface area is 149 Å². The molecule has 1 saturated heterocycles. The zero-order valence-corrected chi connectivity index (χ0v) is 14.9. The summed E-state index contributed by atoms with van der Waals surface area (Å²) < 4.78 is 2.83. The van der Waals surface area contributed by atoms with E-state index in [1.54, 1.807) is 0 Å². The molecule has 4 rings (SSSR count). The molecule has 1 aliphatic heterocycles. The summed E-state index contributed by atoms with van der Waals surface area (Å²) in [6.07, 6.45) is 4.29. The molecule has 2 heterocycles. The molecule has 2 N–H and O–H groups in total. The number of hydrogen-bond donors (Lipinski definition) is 2. The summed E-state index contributed by atoms with van der Waals surface area (Å²) in [6.45, 7) is 1.85. The first-order valence-electron chi connectivity index (χ1n) is 8.45. The van der Waals surface area contributed by atoms with Crippen molar-refractivity contribution in [2.75, 3.05) is 13.1 Å². The summed E-state index contributed by atoms with van der Waals surface area (Å²) >= 11 is 3.45. The van der Waals surface area contributed by atoms with E-state index in [2.05, 4.69) is 36.9 Å². The molecule has 0 radical (unpaired) electrons. The smallest absolute Gasteiger partial charge is 0.274 e. The second-order valence-corrected chi connectivity index (χ2v) is 7.42. The Morgan fingerprint density at radius 1 is 1.25 bits per heavy atom. The number of halogens is 1. The number of carbonyl (C=O) groups is 1. The fourth-order valence-corrected chi connectivity index (χ4v) is 3.44. The number of amides is 1. The summed E-state index contributed by atoms with van der Waals surface area (Å²) in [5.74, 6) is 0.280. The van der Waals surface area contributed by atoms with Gasteiger partial charge in [0.25, 0.3) is 5.91 Å². The Morgan fingerprint density at radius 2 is 2.04 bits per heavy atom. The van der Waals surface area contributed by atoms with E-state index in [0.717, 1.165) is 54.6 Å². The normalized spacial score (nSPS) is 20.8. The quantitative estimate of drug-likeness (QED) is 0.841. The zero-order chi connectivity index (χ0) is 16.5. The highest BCUT2D eigenvalue weighted by molar-refractivity contribution is 9.10. The molecule has 0 spiro atoms. The molecule has 2 aliphatic rings. The molecule has 2 fully saturated rings. The molecule has 7 heteroatoms. The largest absolute Gasteiger partial charge is 0.347 e. The van der Waals surface area contributed by atoms with E-state index in [-0.39, 0.29) is 11.9 Å². The van der Waals surface area contributed by atoms with Crippen LogP contribution in [-0.4, -0.2) is 40.0 Å². The topological polar surface area (TPSA) is 71.8 Å². The summed E-state index contributed by atoms with van der Waals surface area (Å²) in [4.78, 5) is 12.7. The van der Waals surface area contributed by atoms with Crippen LogP contribution in [0, 0.1) is 0 Å². The van der Waals surface area contributed by atoms with Gasteiger partial charge in [0.2, 0.25) is 0 Å². The van der Waals surface area contributed by atoms with Crippen molar-refractivity contribution in [2.24, 2.45) is 0 Å². The number of nitrogens with one attached hydrogen (secondary N) is 2. The molecule has 1 amide bonds. The minimum atomic E-state index is -0.103. The van der Waals surface area contributed by atoms with Crippen molar-refractivity contribution in [3.05, 3.63) is 40.1 Å². The van der Waals surface area contributed by atoms with Crippen molar-refractivity contribution in [3.63, 3.8) is 0 Å². The van der Waals surface area contributed by atoms with Crippen LogP contribution in [0.2, 0.25) is 0 Å². The molecule has 6 nitrogen and oxygen atoms in total.